The van der Waals surface area contributed by atoms with E-state index in [1.807, 2.05) is 6.92 Å². The van der Waals surface area contributed by atoms with Gasteiger partial charge >= 0.3 is 0 Å². The molecule has 0 fully saturated rings. The third kappa shape index (κ3) is 3.40. The van der Waals surface area contributed by atoms with E-state index in [-0.39, 0.29) is 17.6 Å². The molecule has 0 saturated heterocycles. The average molecular weight is 291 g/mol. The number of hydrogen-bond donors (Lipinski definition) is 1. The molecule has 0 saturated carbocycles. The zero-order chi connectivity index (χ0) is 14.8. The van der Waals surface area contributed by atoms with E-state index >= 15 is 0 Å². The number of hydrogen-bond acceptors (Lipinski definition) is 3. The van der Waals surface area contributed by atoms with Gasteiger partial charge in [0.1, 0.15) is 0 Å². The van der Waals surface area contributed by atoms with Gasteiger partial charge in [0, 0.05) is 17.3 Å². The Morgan fingerprint density at radius 1 is 1.25 bits per heavy atom. The summed E-state index contributed by atoms with van der Waals surface area (Å²) in [5.74, 6) is 0. The largest absolute Gasteiger partial charge is 0.376 e. The van der Waals surface area contributed by atoms with E-state index in [0.717, 1.165) is 6.42 Å². The Balaban J connectivity index is 2.19. The summed E-state index contributed by atoms with van der Waals surface area (Å²) in [5, 5.41) is 3.56. The fourth-order valence-electron chi connectivity index (χ4n) is 2.75. The van der Waals surface area contributed by atoms with E-state index in [4.69, 9.17) is 10.5 Å². The monoisotopic (exact) mass is 291 g/mol. The topological polar surface area (TPSA) is 35.2 Å². The lowest BCUT2D eigenvalue weighted by Crippen LogP contribution is -2.46. The second-order valence-electron chi connectivity index (χ2n) is 6.37. The van der Waals surface area contributed by atoms with Gasteiger partial charge in [0.15, 0.2) is 0 Å². The number of thiophene rings is 1. The van der Waals surface area contributed by atoms with Crippen molar-refractivity contribution in [2.24, 2.45) is 11.1 Å². The molecule has 0 spiro atoms. The van der Waals surface area contributed by atoms with E-state index in [1.165, 1.54) is 15.6 Å². The molecule has 3 heteroatoms. The quantitative estimate of drug-likeness (QED) is 0.895. The molecule has 2 rings (SSSR count). The van der Waals surface area contributed by atoms with Crippen molar-refractivity contribution in [2.75, 3.05) is 6.61 Å². The van der Waals surface area contributed by atoms with E-state index in [9.17, 15) is 0 Å². The van der Waals surface area contributed by atoms with Crippen LogP contribution in [0.1, 0.15) is 33.3 Å². The highest BCUT2D eigenvalue weighted by Gasteiger charge is 2.31. The fraction of sp³-hybridized carbons (Fsp3) is 0.529. The highest BCUT2D eigenvalue weighted by atomic mass is 32.1. The summed E-state index contributed by atoms with van der Waals surface area (Å²) in [6.45, 7) is 9.32. The van der Waals surface area contributed by atoms with Crippen LogP contribution in [0.4, 0.5) is 0 Å². The molecule has 1 aromatic heterocycles. The molecule has 0 radical (unpaired) electrons. The highest BCUT2D eigenvalue weighted by molar-refractivity contribution is 7.17. The molecule has 2 N–H and O–H groups in total. The Hall–Kier alpha value is -0.900. The number of rotatable bonds is 5. The fourth-order valence-corrected chi connectivity index (χ4v) is 3.72. The molecule has 1 heterocycles. The van der Waals surface area contributed by atoms with E-state index in [0.29, 0.717) is 6.61 Å². The molecule has 110 valence electrons. The number of fused-ring (bicyclic) bond motifs is 1. The van der Waals surface area contributed by atoms with Crippen LogP contribution in [0.25, 0.3) is 10.1 Å². The van der Waals surface area contributed by atoms with Crippen LogP contribution in [-0.4, -0.2) is 18.8 Å². The molecule has 1 aromatic carbocycles. The predicted octanol–water partition coefficient (Wildman–Crippen LogP) is 4.22. The molecule has 20 heavy (non-hydrogen) atoms. The van der Waals surface area contributed by atoms with Crippen LogP contribution >= 0.6 is 11.3 Å². The number of ether oxygens (including phenoxy) is 1. The van der Waals surface area contributed by atoms with Gasteiger partial charge in [0.05, 0.1) is 6.10 Å². The van der Waals surface area contributed by atoms with Gasteiger partial charge in [-0.05, 0) is 41.2 Å². The number of benzene rings is 1. The minimum Gasteiger partial charge on any atom is -0.376 e. The summed E-state index contributed by atoms with van der Waals surface area (Å²) in [5.41, 5.74) is 7.85. The third-order valence-corrected chi connectivity index (χ3v) is 4.62. The third-order valence-electron chi connectivity index (χ3n) is 3.61. The smallest absolute Gasteiger partial charge is 0.0777 e. The first kappa shape index (κ1) is 15.5. The van der Waals surface area contributed by atoms with Gasteiger partial charge in [-0.25, -0.2) is 0 Å². The van der Waals surface area contributed by atoms with Crippen molar-refractivity contribution >= 4 is 21.4 Å². The first-order valence-corrected chi connectivity index (χ1v) is 8.13. The molecule has 0 bridgehead atoms. The van der Waals surface area contributed by atoms with Crippen molar-refractivity contribution in [3.8, 4) is 0 Å². The molecular formula is C17H25NOS. The normalized spacial score (nSPS) is 15.4. The molecule has 0 aliphatic heterocycles. The van der Waals surface area contributed by atoms with Crippen LogP contribution in [0.5, 0.6) is 0 Å². The number of nitrogens with two attached hydrogens (primary N) is 1. The van der Waals surface area contributed by atoms with Gasteiger partial charge in [-0.2, -0.15) is 0 Å². The molecular weight excluding hydrogens is 266 g/mol. The van der Waals surface area contributed by atoms with Crippen molar-refractivity contribution in [1.29, 1.82) is 0 Å². The van der Waals surface area contributed by atoms with Gasteiger partial charge in [0.2, 0.25) is 0 Å². The maximum atomic E-state index is 6.45. The van der Waals surface area contributed by atoms with Crippen LogP contribution in [0.15, 0.2) is 29.6 Å². The van der Waals surface area contributed by atoms with Gasteiger partial charge in [-0.3, -0.25) is 0 Å². The molecule has 2 unspecified atom stereocenters. The molecule has 0 aliphatic rings. The minimum atomic E-state index is 0.0213. The first-order chi connectivity index (χ1) is 9.43. The molecule has 0 aliphatic carbocycles. The maximum absolute atomic E-state index is 6.45. The summed E-state index contributed by atoms with van der Waals surface area (Å²) in [6, 6.07) is 8.54. The van der Waals surface area contributed by atoms with Crippen molar-refractivity contribution in [3.05, 3.63) is 35.2 Å². The van der Waals surface area contributed by atoms with Crippen molar-refractivity contribution in [2.45, 2.75) is 46.3 Å². The van der Waals surface area contributed by atoms with Crippen molar-refractivity contribution in [1.82, 2.24) is 0 Å². The predicted molar refractivity (Wildman–Crippen MR) is 88.4 cm³/mol. The van der Waals surface area contributed by atoms with Gasteiger partial charge in [0.25, 0.3) is 0 Å². The van der Waals surface area contributed by atoms with Crippen molar-refractivity contribution < 1.29 is 4.74 Å². The summed E-state index contributed by atoms with van der Waals surface area (Å²) < 4.78 is 7.24. The molecule has 2 atom stereocenters. The Morgan fingerprint density at radius 3 is 2.60 bits per heavy atom. The Kier molecular flexibility index (Phi) is 4.84. The molecule has 0 amide bonds. The van der Waals surface area contributed by atoms with E-state index in [2.05, 4.69) is 50.4 Å². The molecule has 2 aromatic rings. The summed E-state index contributed by atoms with van der Waals surface area (Å²) in [6.07, 6.45) is 0.942. The second-order valence-corrected chi connectivity index (χ2v) is 7.28. The lowest BCUT2D eigenvalue weighted by Gasteiger charge is -2.35. The lowest BCUT2D eigenvalue weighted by atomic mass is 9.82. The van der Waals surface area contributed by atoms with Crippen LogP contribution in [0, 0.1) is 5.41 Å². The Morgan fingerprint density at radius 2 is 1.95 bits per heavy atom. The van der Waals surface area contributed by atoms with Crippen LogP contribution in [0.2, 0.25) is 0 Å². The van der Waals surface area contributed by atoms with E-state index < -0.39 is 0 Å². The average Bonchev–Trinajstić information content (AvgIpc) is 2.78. The Bertz CT molecular complexity index is 555. The maximum Gasteiger partial charge on any atom is 0.0777 e. The van der Waals surface area contributed by atoms with Gasteiger partial charge < -0.3 is 10.5 Å². The zero-order valence-electron chi connectivity index (χ0n) is 12.8. The Labute approximate surface area is 125 Å². The van der Waals surface area contributed by atoms with Gasteiger partial charge in [-0.1, -0.05) is 39.0 Å². The van der Waals surface area contributed by atoms with Crippen LogP contribution in [-0.2, 0) is 11.2 Å². The van der Waals surface area contributed by atoms with Crippen LogP contribution < -0.4 is 5.73 Å². The van der Waals surface area contributed by atoms with Crippen molar-refractivity contribution in [3.63, 3.8) is 0 Å². The second kappa shape index (κ2) is 6.25. The molecule has 2 nitrogen and oxygen atoms in total. The van der Waals surface area contributed by atoms with Crippen LogP contribution in [0.3, 0.4) is 0 Å². The summed E-state index contributed by atoms with van der Waals surface area (Å²) in [4.78, 5) is 0. The first-order valence-electron chi connectivity index (χ1n) is 7.25. The summed E-state index contributed by atoms with van der Waals surface area (Å²) >= 11 is 1.79. The zero-order valence-corrected chi connectivity index (χ0v) is 13.7. The van der Waals surface area contributed by atoms with Gasteiger partial charge in [-0.15, -0.1) is 11.3 Å². The summed E-state index contributed by atoms with van der Waals surface area (Å²) in [7, 11) is 0. The lowest BCUT2D eigenvalue weighted by molar-refractivity contribution is -0.0273. The highest BCUT2D eigenvalue weighted by Crippen LogP contribution is 2.30. The standard InChI is InChI=1S/C17H25NOS/c1-5-19-16(17(2,3)4)14(18)10-12-11-20-15-9-7-6-8-13(12)15/h6-9,11,14,16H,5,10,18H2,1-4H3. The van der Waals surface area contributed by atoms with E-state index in [1.54, 1.807) is 11.3 Å². The SMILES string of the molecule is CCOC(C(N)Cc1csc2ccccc12)C(C)(C)C. The minimum absolute atomic E-state index is 0.0213.